The van der Waals surface area contributed by atoms with Gasteiger partial charge in [0.25, 0.3) is 5.91 Å². The minimum atomic E-state index is -3.49. The Morgan fingerprint density at radius 3 is 2.27 bits per heavy atom. The summed E-state index contributed by atoms with van der Waals surface area (Å²) in [5.41, 5.74) is 4.08. The van der Waals surface area contributed by atoms with Gasteiger partial charge in [-0.1, -0.05) is 29.9 Å². The topological polar surface area (TPSA) is 85.8 Å². The predicted octanol–water partition coefficient (Wildman–Crippen LogP) is 3.64. The zero-order valence-corrected chi connectivity index (χ0v) is 23.2. The van der Waals surface area contributed by atoms with Gasteiger partial charge in [-0.2, -0.15) is 4.31 Å². The van der Waals surface area contributed by atoms with E-state index in [-0.39, 0.29) is 10.8 Å². The summed E-state index contributed by atoms with van der Waals surface area (Å²) in [6.07, 6.45) is 2.87. The molecule has 2 aliphatic rings. The highest BCUT2D eigenvalue weighted by molar-refractivity contribution is 7.89. The average Bonchev–Trinajstić information content (AvgIpc) is 3.39. The fourth-order valence-electron chi connectivity index (χ4n) is 5.01. The molecule has 1 aromatic heterocycles. The van der Waals surface area contributed by atoms with Crippen LogP contribution >= 0.6 is 11.3 Å². The van der Waals surface area contributed by atoms with Gasteiger partial charge in [-0.3, -0.25) is 9.69 Å². The van der Waals surface area contributed by atoms with E-state index in [0.717, 1.165) is 62.6 Å². The number of anilines is 1. The van der Waals surface area contributed by atoms with Crippen molar-refractivity contribution in [2.24, 2.45) is 0 Å². The summed E-state index contributed by atoms with van der Waals surface area (Å²) in [6.45, 7) is 10.4. The Morgan fingerprint density at radius 1 is 0.919 bits per heavy atom. The summed E-state index contributed by atoms with van der Waals surface area (Å²) in [7, 11) is -3.49. The van der Waals surface area contributed by atoms with Gasteiger partial charge in [-0.05, 0) is 62.1 Å². The summed E-state index contributed by atoms with van der Waals surface area (Å²) in [4.78, 5) is 22.5. The number of carbonyl (C=O) groups is 1. The molecule has 1 N–H and O–H groups in total. The second-order valence-corrected chi connectivity index (χ2v) is 12.9. The molecule has 5 rings (SSSR count). The van der Waals surface area contributed by atoms with Crippen LogP contribution in [0.15, 0.2) is 41.3 Å². The summed E-state index contributed by atoms with van der Waals surface area (Å²) in [5, 5.41) is 4.07. The lowest BCUT2D eigenvalue weighted by molar-refractivity contribution is 0.0947. The van der Waals surface area contributed by atoms with Crippen LogP contribution in [0.5, 0.6) is 0 Å². The first-order chi connectivity index (χ1) is 17.8. The molecule has 2 saturated heterocycles. The average molecular weight is 542 g/mol. The number of fused-ring (bicyclic) bond motifs is 1. The van der Waals surface area contributed by atoms with E-state index < -0.39 is 10.0 Å². The summed E-state index contributed by atoms with van der Waals surface area (Å²) in [5.74, 6) is -0.180. The molecule has 0 spiro atoms. The van der Waals surface area contributed by atoms with Crippen molar-refractivity contribution in [2.45, 2.75) is 38.0 Å². The Kier molecular flexibility index (Phi) is 7.80. The van der Waals surface area contributed by atoms with Gasteiger partial charge >= 0.3 is 0 Å². The largest absolute Gasteiger partial charge is 0.351 e. The summed E-state index contributed by atoms with van der Waals surface area (Å²) < 4.78 is 28.5. The molecule has 2 aromatic carbocycles. The van der Waals surface area contributed by atoms with Gasteiger partial charge in [0.2, 0.25) is 10.0 Å². The standard InChI is InChI=1S/C27H35N5O3S2/c1-20-6-7-21(2)25-24(20)29-27(36-25)31-18-16-30(17-19-31)15-12-28-26(33)22-8-10-23(11-9-22)37(34,35)32-13-4-3-5-14-32/h6-11H,3-5,12-19H2,1-2H3,(H,28,33). The van der Waals surface area contributed by atoms with Crippen molar-refractivity contribution in [3.05, 3.63) is 53.1 Å². The number of hydrogen-bond acceptors (Lipinski definition) is 7. The Bertz CT molecular complexity index is 1320. The molecule has 0 radical (unpaired) electrons. The Balaban J connectivity index is 1.09. The SMILES string of the molecule is Cc1ccc(C)c2sc(N3CCN(CCNC(=O)c4ccc(S(=O)(=O)N5CCCCC5)cc4)CC3)nc12. The number of thiazole rings is 1. The highest BCUT2D eigenvalue weighted by Crippen LogP contribution is 2.33. The van der Waals surface area contributed by atoms with E-state index in [2.05, 4.69) is 41.1 Å². The molecule has 198 valence electrons. The van der Waals surface area contributed by atoms with Crippen LogP contribution in [-0.4, -0.2) is 80.9 Å². The van der Waals surface area contributed by atoms with Crippen LogP contribution in [0.2, 0.25) is 0 Å². The molecule has 2 aliphatic heterocycles. The number of piperazine rings is 1. The van der Waals surface area contributed by atoms with E-state index in [1.165, 1.54) is 15.8 Å². The molecule has 8 nitrogen and oxygen atoms in total. The number of carbonyl (C=O) groups excluding carboxylic acids is 1. The van der Waals surface area contributed by atoms with E-state index in [0.29, 0.717) is 25.2 Å². The highest BCUT2D eigenvalue weighted by Gasteiger charge is 2.26. The lowest BCUT2D eigenvalue weighted by atomic mass is 10.1. The summed E-state index contributed by atoms with van der Waals surface area (Å²) in [6, 6.07) is 10.6. The van der Waals surface area contributed by atoms with Gasteiger partial charge in [0, 0.05) is 57.9 Å². The van der Waals surface area contributed by atoms with Crippen LogP contribution in [0.3, 0.4) is 0 Å². The second kappa shape index (κ2) is 11.1. The molecule has 0 saturated carbocycles. The van der Waals surface area contributed by atoms with E-state index in [4.69, 9.17) is 4.98 Å². The Hall–Kier alpha value is -2.53. The zero-order valence-electron chi connectivity index (χ0n) is 21.6. The van der Waals surface area contributed by atoms with Crippen LogP contribution in [0.25, 0.3) is 10.2 Å². The summed E-state index contributed by atoms with van der Waals surface area (Å²) >= 11 is 1.77. The normalized spacial score (nSPS) is 17.8. The Labute approximate surface area is 223 Å². The first-order valence-electron chi connectivity index (χ1n) is 13.1. The van der Waals surface area contributed by atoms with Crippen LogP contribution < -0.4 is 10.2 Å². The molecule has 0 atom stereocenters. The number of sulfonamides is 1. The number of benzene rings is 2. The number of hydrogen-bond donors (Lipinski definition) is 1. The van der Waals surface area contributed by atoms with Crippen LogP contribution in [0.1, 0.15) is 40.7 Å². The maximum atomic E-state index is 12.8. The van der Waals surface area contributed by atoms with E-state index >= 15 is 0 Å². The zero-order chi connectivity index (χ0) is 26.0. The van der Waals surface area contributed by atoms with Crippen molar-refractivity contribution in [1.82, 2.24) is 19.5 Å². The lowest BCUT2D eigenvalue weighted by Gasteiger charge is -2.34. The number of aryl methyl sites for hydroxylation is 2. The van der Waals surface area contributed by atoms with Gasteiger partial charge in [0.15, 0.2) is 5.13 Å². The molecule has 3 heterocycles. The Morgan fingerprint density at radius 2 is 1.59 bits per heavy atom. The number of nitrogens with one attached hydrogen (secondary N) is 1. The molecule has 10 heteroatoms. The van der Waals surface area contributed by atoms with Crippen molar-refractivity contribution >= 4 is 42.6 Å². The lowest BCUT2D eigenvalue weighted by Crippen LogP contribution is -2.48. The molecule has 0 bridgehead atoms. The number of nitrogens with zero attached hydrogens (tertiary/aromatic N) is 4. The molecule has 2 fully saturated rings. The van der Waals surface area contributed by atoms with Crippen LogP contribution in [-0.2, 0) is 10.0 Å². The fourth-order valence-corrected chi connectivity index (χ4v) is 7.69. The molecule has 1 amide bonds. The smallest absolute Gasteiger partial charge is 0.251 e. The maximum Gasteiger partial charge on any atom is 0.251 e. The maximum absolute atomic E-state index is 12.8. The third-order valence-electron chi connectivity index (χ3n) is 7.36. The molecule has 3 aromatic rings. The first kappa shape index (κ1) is 26.1. The molecular weight excluding hydrogens is 506 g/mol. The monoisotopic (exact) mass is 541 g/mol. The van der Waals surface area contributed by atoms with Gasteiger partial charge in [-0.25, -0.2) is 13.4 Å². The number of amides is 1. The second-order valence-electron chi connectivity index (χ2n) is 9.95. The number of aromatic nitrogens is 1. The van der Waals surface area contributed by atoms with Gasteiger partial charge in [0.05, 0.1) is 15.1 Å². The first-order valence-corrected chi connectivity index (χ1v) is 15.3. The molecule has 37 heavy (non-hydrogen) atoms. The minimum absolute atomic E-state index is 0.180. The van der Waals surface area contributed by atoms with E-state index in [1.54, 1.807) is 39.9 Å². The number of rotatable bonds is 7. The van der Waals surface area contributed by atoms with Crippen molar-refractivity contribution in [3.8, 4) is 0 Å². The molecule has 0 unspecified atom stereocenters. The van der Waals surface area contributed by atoms with Crippen molar-refractivity contribution in [2.75, 3.05) is 57.3 Å². The molecule has 0 aliphatic carbocycles. The van der Waals surface area contributed by atoms with Gasteiger partial charge in [0.1, 0.15) is 0 Å². The van der Waals surface area contributed by atoms with Crippen LogP contribution in [0, 0.1) is 13.8 Å². The van der Waals surface area contributed by atoms with Crippen molar-refractivity contribution in [1.29, 1.82) is 0 Å². The third kappa shape index (κ3) is 5.67. The third-order valence-corrected chi connectivity index (χ3v) is 10.5. The predicted molar refractivity (Wildman–Crippen MR) is 149 cm³/mol. The van der Waals surface area contributed by atoms with Gasteiger partial charge in [-0.15, -0.1) is 0 Å². The fraction of sp³-hybridized carbons (Fsp3) is 0.481. The minimum Gasteiger partial charge on any atom is -0.351 e. The van der Waals surface area contributed by atoms with E-state index in [1.807, 2.05) is 0 Å². The number of piperidine rings is 1. The van der Waals surface area contributed by atoms with Crippen LogP contribution in [0.4, 0.5) is 5.13 Å². The van der Waals surface area contributed by atoms with E-state index in [9.17, 15) is 13.2 Å². The molecular formula is C27H35N5O3S2. The highest BCUT2D eigenvalue weighted by atomic mass is 32.2. The van der Waals surface area contributed by atoms with Crippen molar-refractivity contribution < 1.29 is 13.2 Å². The van der Waals surface area contributed by atoms with Crippen molar-refractivity contribution in [3.63, 3.8) is 0 Å². The quantitative estimate of drug-likeness (QED) is 0.492. The van der Waals surface area contributed by atoms with Gasteiger partial charge < -0.3 is 10.2 Å².